The van der Waals surface area contributed by atoms with Crippen LogP contribution in [0, 0.1) is 0 Å². The molecule has 0 fully saturated rings. The van der Waals surface area contributed by atoms with Gasteiger partial charge in [0.15, 0.2) is 17.6 Å². The number of nitrogens with one attached hydrogen (secondary N) is 1. The van der Waals surface area contributed by atoms with Crippen LogP contribution in [0.25, 0.3) is 0 Å². The molecule has 5 heteroatoms. The number of hydrogen-bond acceptors (Lipinski definition) is 4. The molecule has 0 saturated carbocycles. The van der Waals surface area contributed by atoms with Gasteiger partial charge in [0.05, 0.1) is 20.3 Å². The molecule has 0 spiro atoms. The van der Waals surface area contributed by atoms with Gasteiger partial charge in [-0.05, 0) is 42.2 Å². The number of rotatable bonds is 6. The topological polar surface area (TPSA) is 56.8 Å². The first-order valence-electron chi connectivity index (χ1n) is 8.49. The molecule has 25 heavy (non-hydrogen) atoms. The molecule has 5 nitrogen and oxygen atoms in total. The fraction of sp³-hybridized carbons (Fsp3) is 0.350. The number of carbonyl (C=O) groups is 1. The van der Waals surface area contributed by atoms with Crippen LogP contribution in [0.2, 0.25) is 0 Å². The highest BCUT2D eigenvalue weighted by molar-refractivity contribution is 5.82. The lowest BCUT2D eigenvalue weighted by Gasteiger charge is -2.25. The van der Waals surface area contributed by atoms with E-state index in [1.165, 1.54) is 5.56 Å². The Labute approximate surface area is 147 Å². The molecule has 1 atom stereocenters. The van der Waals surface area contributed by atoms with E-state index in [1.54, 1.807) is 7.11 Å². The van der Waals surface area contributed by atoms with Crippen molar-refractivity contribution in [2.24, 2.45) is 0 Å². The van der Waals surface area contributed by atoms with Gasteiger partial charge in [0, 0.05) is 6.54 Å². The molecule has 2 aromatic rings. The van der Waals surface area contributed by atoms with Crippen LogP contribution in [-0.2, 0) is 22.5 Å². The zero-order valence-corrected chi connectivity index (χ0v) is 14.6. The van der Waals surface area contributed by atoms with Crippen LogP contribution >= 0.6 is 0 Å². The third kappa shape index (κ3) is 3.94. The Kier molecular flexibility index (Phi) is 5.56. The van der Waals surface area contributed by atoms with E-state index in [9.17, 15) is 4.79 Å². The highest BCUT2D eigenvalue weighted by atomic mass is 16.5. The van der Waals surface area contributed by atoms with E-state index in [4.69, 9.17) is 14.2 Å². The van der Waals surface area contributed by atoms with Gasteiger partial charge in [-0.3, -0.25) is 4.79 Å². The van der Waals surface area contributed by atoms with Crippen LogP contribution in [0.15, 0.2) is 42.5 Å². The Morgan fingerprint density at radius 1 is 1.24 bits per heavy atom. The second-order valence-electron chi connectivity index (χ2n) is 5.84. The van der Waals surface area contributed by atoms with Crippen LogP contribution in [0.5, 0.6) is 11.5 Å². The van der Waals surface area contributed by atoms with E-state index in [0.717, 1.165) is 17.5 Å². The summed E-state index contributed by atoms with van der Waals surface area (Å²) >= 11 is 0. The highest BCUT2D eigenvalue weighted by Gasteiger charge is 2.26. The minimum absolute atomic E-state index is 0.124. The summed E-state index contributed by atoms with van der Waals surface area (Å²) in [5, 5.41) is 2.96. The van der Waals surface area contributed by atoms with Gasteiger partial charge in [-0.1, -0.05) is 30.3 Å². The van der Waals surface area contributed by atoms with Gasteiger partial charge >= 0.3 is 0 Å². The standard InChI is InChI=1S/C20H23NO4/c1-3-24-18-12-14(8-9-17(18)23-2)13-21-20(22)19-16-7-5-4-6-15(16)10-11-25-19/h4-9,12,19H,3,10-11,13H2,1-2H3,(H,21,22). The number of amides is 1. The summed E-state index contributed by atoms with van der Waals surface area (Å²) in [4.78, 5) is 12.6. The Bertz CT molecular complexity index is 744. The van der Waals surface area contributed by atoms with Crippen molar-refractivity contribution < 1.29 is 19.0 Å². The maximum Gasteiger partial charge on any atom is 0.254 e. The fourth-order valence-electron chi connectivity index (χ4n) is 2.99. The third-order valence-electron chi connectivity index (χ3n) is 4.23. The SMILES string of the molecule is CCOc1cc(CNC(=O)C2OCCc3ccccc32)ccc1OC. The summed E-state index contributed by atoms with van der Waals surface area (Å²) < 4.78 is 16.6. The van der Waals surface area contributed by atoms with E-state index in [-0.39, 0.29) is 5.91 Å². The molecule has 0 radical (unpaired) electrons. The molecular formula is C20H23NO4. The quantitative estimate of drug-likeness (QED) is 0.877. The Morgan fingerprint density at radius 3 is 2.88 bits per heavy atom. The van der Waals surface area contributed by atoms with E-state index in [2.05, 4.69) is 11.4 Å². The molecule has 3 rings (SSSR count). The van der Waals surface area contributed by atoms with Crippen molar-refractivity contribution in [3.05, 3.63) is 59.2 Å². The minimum atomic E-state index is -0.547. The van der Waals surface area contributed by atoms with Crippen molar-refractivity contribution in [3.8, 4) is 11.5 Å². The van der Waals surface area contributed by atoms with Crippen molar-refractivity contribution in [1.82, 2.24) is 5.32 Å². The van der Waals surface area contributed by atoms with Gasteiger partial charge < -0.3 is 19.5 Å². The molecular weight excluding hydrogens is 318 g/mol. The van der Waals surface area contributed by atoms with Gasteiger partial charge in [0.1, 0.15) is 0 Å². The van der Waals surface area contributed by atoms with Crippen molar-refractivity contribution in [2.45, 2.75) is 26.0 Å². The molecule has 1 aliphatic heterocycles. The molecule has 1 heterocycles. The summed E-state index contributed by atoms with van der Waals surface area (Å²) in [7, 11) is 1.61. The molecule has 1 aliphatic rings. The number of ether oxygens (including phenoxy) is 3. The smallest absolute Gasteiger partial charge is 0.254 e. The zero-order valence-electron chi connectivity index (χ0n) is 14.6. The second kappa shape index (κ2) is 8.03. The van der Waals surface area contributed by atoms with Crippen LogP contribution in [0.1, 0.15) is 29.7 Å². The minimum Gasteiger partial charge on any atom is -0.493 e. The molecule has 0 aromatic heterocycles. The summed E-state index contributed by atoms with van der Waals surface area (Å²) in [6, 6.07) is 13.6. The first-order chi connectivity index (χ1) is 12.2. The first kappa shape index (κ1) is 17.3. The van der Waals surface area contributed by atoms with Crippen LogP contribution < -0.4 is 14.8 Å². The van der Waals surface area contributed by atoms with E-state index < -0.39 is 6.10 Å². The van der Waals surface area contributed by atoms with Gasteiger partial charge in [-0.2, -0.15) is 0 Å². The largest absolute Gasteiger partial charge is 0.493 e. The second-order valence-corrected chi connectivity index (χ2v) is 5.84. The summed E-state index contributed by atoms with van der Waals surface area (Å²) in [6.07, 6.45) is 0.297. The monoisotopic (exact) mass is 341 g/mol. The Balaban J connectivity index is 1.68. The number of benzene rings is 2. The average Bonchev–Trinajstić information content (AvgIpc) is 2.66. The fourth-order valence-corrected chi connectivity index (χ4v) is 2.99. The lowest BCUT2D eigenvalue weighted by atomic mass is 9.97. The summed E-state index contributed by atoms with van der Waals surface area (Å²) in [5.41, 5.74) is 3.08. The van der Waals surface area contributed by atoms with Gasteiger partial charge in [0.25, 0.3) is 5.91 Å². The molecule has 0 saturated heterocycles. The van der Waals surface area contributed by atoms with Crippen LogP contribution in [0.3, 0.4) is 0 Å². The van der Waals surface area contributed by atoms with E-state index >= 15 is 0 Å². The Hall–Kier alpha value is -2.53. The number of hydrogen-bond donors (Lipinski definition) is 1. The van der Waals surface area contributed by atoms with E-state index in [1.807, 2.05) is 43.3 Å². The first-order valence-corrected chi connectivity index (χ1v) is 8.49. The number of methoxy groups -OCH3 is 1. The maximum atomic E-state index is 12.6. The highest BCUT2D eigenvalue weighted by Crippen LogP contribution is 2.29. The van der Waals surface area contributed by atoms with Crippen LogP contribution in [0.4, 0.5) is 0 Å². The lowest BCUT2D eigenvalue weighted by Crippen LogP contribution is -2.33. The van der Waals surface area contributed by atoms with E-state index in [0.29, 0.717) is 31.3 Å². The predicted octanol–water partition coefficient (Wildman–Crippen LogP) is 3.02. The molecule has 132 valence electrons. The van der Waals surface area contributed by atoms with Crippen molar-refractivity contribution in [2.75, 3.05) is 20.3 Å². The molecule has 0 bridgehead atoms. The summed E-state index contributed by atoms with van der Waals surface area (Å²) in [6.45, 7) is 3.45. The number of carbonyl (C=O) groups excluding carboxylic acids is 1. The third-order valence-corrected chi connectivity index (χ3v) is 4.23. The van der Waals surface area contributed by atoms with Gasteiger partial charge in [-0.15, -0.1) is 0 Å². The molecule has 1 amide bonds. The average molecular weight is 341 g/mol. The predicted molar refractivity (Wildman–Crippen MR) is 94.8 cm³/mol. The Morgan fingerprint density at radius 2 is 2.08 bits per heavy atom. The van der Waals surface area contributed by atoms with Crippen molar-refractivity contribution in [3.63, 3.8) is 0 Å². The lowest BCUT2D eigenvalue weighted by molar-refractivity contribution is -0.134. The van der Waals surface area contributed by atoms with Crippen molar-refractivity contribution in [1.29, 1.82) is 0 Å². The van der Waals surface area contributed by atoms with Gasteiger partial charge in [-0.25, -0.2) is 0 Å². The zero-order chi connectivity index (χ0) is 17.6. The number of fused-ring (bicyclic) bond motifs is 1. The molecule has 2 aromatic carbocycles. The summed E-state index contributed by atoms with van der Waals surface area (Å²) in [5.74, 6) is 1.23. The van der Waals surface area contributed by atoms with Gasteiger partial charge in [0.2, 0.25) is 0 Å². The maximum absolute atomic E-state index is 12.6. The normalized spacial score (nSPS) is 16.0. The molecule has 0 aliphatic carbocycles. The molecule has 1 unspecified atom stereocenters. The van der Waals surface area contributed by atoms with Crippen LogP contribution in [-0.4, -0.2) is 26.2 Å². The molecule has 1 N–H and O–H groups in total. The van der Waals surface area contributed by atoms with Crippen molar-refractivity contribution >= 4 is 5.91 Å².